The lowest BCUT2D eigenvalue weighted by Gasteiger charge is -2.34. The molecule has 1 aliphatic rings. The first-order valence-corrected chi connectivity index (χ1v) is 6.33. The molecule has 0 spiro atoms. The maximum absolute atomic E-state index is 13.8. The Balaban J connectivity index is 2.01. The second-order valence-corrected chi connectivity index (χ2v) is 5.03. The maximum Gasteiger partial charge on any atom is 0.131 e. The molecule has 0 aromatic heterocycles. The number of piperidine rings is 1. The fourth-order valence-electron chi connectivity index (χ4n) is 2.28. The average molecular weight is 253 g/mol. The van der Waals surface area contributed by atoms with Crippen LogP contribution in [0.5, 0.6) is 5.75 Å². The van der Waals surface area contributed by atoms with Gasteiger partial charge in [0.2, 0.25) is 0 Å². The molecule has 2 rings (SSSR count). The van der Waals surface area contributed by atoms with E-state index >= 15 is 0 Å². The lowest BCUT2D eigenvalue weighted by atomic mass is 9.96. The third-order valence-electron chi connectivity index (χ3n) is 3.66. The van der Waals surface area contributed by atoms with Gasteiger partial charge in [-0.15, -0.1) is 0 Å². The first-order valence-electron chi connectivity index (χ1n) is 6.33. The largest absolute Gasteiger partial charge is 0.497 e. The molecule has 1 heterocycles. The Bertz CT molecular complexity index is 411. The molecule has 1 aromatic rings. The second kappa shape index (κ2) is 5.67. The molecule has 4 heteroatoms. The van der Waals surface area contributed by atoms with Crippen molar-refractivity contribution in [3.63, 3.8) is 0 Å². The molecule has 0 bridgehead atoms. The van der Waals surface area contributed by atoms with Gasteiger partial charge in [0.15, 0.2) is 0 Å². The molecule has 2 atom stereocenters. The van der Waals surface area contributed by atoms with Gasteiger partial charge in [-0.05, 0) is 24.9 Å². The van der Waals surface area contributed by atoms with Crippen molar-refractivity contribution in [3.05, 3.63) is 29.6 Å². The molecule has 1 aromatic carbocycles. The van der Waals surface area contributed by atoms with Gasteiger partial charge in [-0.25, -0.2) is 4.39 Å². The van der Waals surface area contributed by atoms with Gasteiger partial charge in [0.1, 0.15) is 11.6 Å². The van der Waals surface area contributed by atoms with Crippen LogP contribution in [0, 0.1) is 11.7 Å². The van der Waals surface area contributed by atoms with Crippen molar-refractivity contribution in [2.75, 3.05) is 20.2 Å². The van der Waals surface area contributed by atoms with Crippen molar-refractivity contribution < 1.29 is 14.2 Å². The average Bonchev–Trinajstić information content (AvgIpc) is 2.36. The summed E-state index contributed by atoms with van der Waals surface area (Å²) in [6.45, 7) is 4.12. The van der Waals surface area contributed by atoms with E-state index in [1.807, 2.05) is 0 Å². The van der Waals surface area contributed by atoms with E-state index in [1.165, 1.54) is 13.2 Å². The number of β-amino-alcohol motifs (C(OH)–C–C–N with tert-alkyl or cyclic N) is 1. The summed E-state index contributed by atoms with van der Waals surface area (Å²) < 4.78 is 18.8. The number of hydrogen-bond donors (Lipinski definition) is 1. The summed E-state index contributed by atoms with van der Waals surface area (Å²) in [7, 11) is 1.52. The molecule has 18 heavy (non-hydrogen) atoms. The predicted octanol–water partition coefficient (Wildman–Crippen LogP) is 2.04. The fraction of sp³-hybridized carbons (Fsp3) is 0.571. The summed E-state index contributed by atoms with van der Waals surface area (Å²) >= 11 is 0. The summed E-state index contributed by atoms with van der Waals surface area (Å²) in [5, 5.41) is 9.82. The van der Waals surface area contributed by atoms with Crippen molar-refractivity contribution in [2.24, 2.45) is 5.92 Å². The summed E-state index contributed by atoms with van der Waals surface area (Å²) in [6, 6.07) is 4.92. The third kappa shape index (κ3) is 3.00. The highest BCUT2D eigenvalue weighted by molar-refractivity contribution is 5.28. The number of nitrogens with zero attached hydrogens (tertiary/aromatic N) is 1. The summed E-state index contributed by atoms with van der Waals surface area (Å²) in [5.41, 5.74) is 0.651. The Morgan fingerprint density at radius 1 is 1.50 bits per heavy atom. The van der Waals surface area contributed by atoms with Crippen LogP contribution < -0.4 is 4.74 Å². The maximum atomic E-state index is 13.8. The van der Waals surface area contributed by atoms with E-state index in [4.69, 9.17) is 4.74 Å². The Kier molecular flexibility index (Phi) is 4.19. The number of aliphatic hydroxyl groups excluding tert-OH is 1. The molecule has 1 saturated heterocycles. The zero-order chi connectivity index (χ0) is 13.1. The molecule has 0 radical (unpaired) electrons. The Morgan fingerprint density at radius 3 is 2.89 bits per heavy atom. The molecule has 1 aliphatic heterocycles. The van der Waals surface area contributed by atoms with E-state index in [-0.39, 0.29) is 11.9 Å². The number of ether oxygens (including phenoxy) is 1. The molecular weight excluding hydrogens is 233 g/mol. The standard InChI is InChI=1S/C14H20FNO2/c1-10-5-6-16(9-14(10)17)8-11-3-4-12(18-2)7-13(11)15/h3-4,7,10,14,17H,5-6,8-9H2,1-2H3. The molecule has 2 unspecified atom stereocenters. The molecule has 0 aliphatic carbocycles. The quantitative estimate of drug-likeness (QED) is 0.894. The first kappa shape index (κ1) is 13.3. The summed E-state index contributed by atoms with van der Waals surface area (Å²) in [6.07, 6.45) is 0.652. The highest BCUT2D eigenvalue weighted by Crippen LogP contribution is 2.21. The van der Waals surface area contributed by atoms with Crippen LogP contribution in [0.15, 0.2) is 18.2 Å². The van der Waals surface area contributed by atoms with Crippen LogP contribution in [0.4, 0.5) is 4.39 Å². The molecular formula is C14H20FNO2. The van der Waals surface area contributed by atoms with Gasteiger partial charge in [-0.2, -0.15) is 0 Å². The van der Waals surface area contributed by atoms with Crippen molar-refractivity contribution in [1.29, 1.82) is 0 Å². The Labute approximate surface area is 107 Å². The first-order chi connectivity index (χ1) is 8.60. The van der Waals surface area contributed by atoms with Crippen LogP contribution in [0.25, 0.3) is 0 Å². The van der Waals surface area contributed by atoms with E-state index in [2.05, 4.69) is 11.8 Å². The van der Waals surface area contributed by atoms with Crippen LogP contribution in [0.1, 0.15) is 18.9 Å². The number of methoxy groups -OCH3 is 1. The number of hydrogen-bond acceptors (Lipinski definition) is 3. The zero-order valence-corrected chi connectivity index (χ0v) is 10.9. The van der Waals surface area contributed by atoms with Crippen LogP contribution in [-0.2, 0) is 6.54 Å². The number of likely N-dealkylation sites (tertiary alicyclic amines) is 1. The molecule has 100 valence electrons. The van der Waals surface area contributed by atoms with Crippen molar-refractivity contribution in [1.82, 2.24) is 4.90 Å². The highest BCUT2D eigenvalue weighted by Gasteiger charge is 2.24. The molecule has 3 nitrogen and oxygen atoms in total. The lowest BCUT2D eigenvalue weighted by molar-refractivity contribution is 0.0255. The van der Waals surface area contributed by atoms with Gasteiger partial charge >= 0.3 is 0 Å². The van der Waals surface area contributed by atoms with Crippen molar-refractivity contribution >= 4 is 0 Å². The lowest BCUT2D eigenvalue weighted by Crippen LogP contribution is -2.42. The molecule has 0 amide bonds. The third-order valence-corrected chi connectivity index (χ3v) is 3.66. The topological polar surface area (TPSA) is 32.7 Å². The van der Waals surface area contributed by atoms with E-state index in [1.54, 1.807) is 12.1 Å². The fourth-order valence-corrected chi connectivity index (χ4v) is 2.28. The van der Waals surface area contributed by atoms with E-state index < -0.39 is 0 Å². The highest BCUT2D eigenvalue weighted by atomic mass is 19.1. The van der Waals surface area contributed by atoms with Gasteiger partial charge in [0, 0.05) is 24.7 Å². The van der Waals surface area contributed by atoms with Gasteiger partial charge in [-0.3, -0.25) is 4.90 Å². The summed E-state index contributed by atoms with van der Waals surface area (Å²) in [5.74, 6) is 0.618. The molecule has 0 saturated carbocycles. The monoisotopic (exact) mass is 253 g/mol. The minimum Gasteiger partial charge on any atom is -0.497 e. The van der Waals surface area contributed by atoms with Crippen molar-refractivity contribution in [3.8, 4) is 5.75 Å². The van der Waals surface area contributed by atoms with E-state index in [0.717, 1.165) is 13.0 Å². The smallest absolute Gasteiger partial charge is 0.131 e. The van der Waals surface area contributed by atoms with Crippen LogP contribution in [-0.4, -0.2) is 36.3 Å². The Hall–Kier alpha value is -1.13. The van der Waals surface area contributed by atoms with E-state index in [9.17, 15) is 9.50 Å². The summed E-state index contributed by atoms with van der Waals surface area (Å²) in [4.78, 5) is 2.09. The Morgan fingerprint density at radius 2 is 2.28 bits per heavy atom. The number of benzene rings is 1. The molecule has 1 N–H and O–H groups in total. The number of halogens is 1. The van der Waals surface area contributed by atoms with Gasteiger partial charge in [0.25, 0.3) is 0 Å². The predicted molar refractivity (Wildman–Crippen MR) is 68.0 cm³/mol. The minimum absolute atomic E-state index is 0.248. The minimum atomic E-state index is -0.306. The van der Waals surface area contributed by atoms with Crippen LogP contribution in [0.2, 0.25) is 0 Å². The van der Waals surface area contributed by atoms with E-state index in [0.29, 0.717) is 30.3 Å². The van der Waals surface area contributed by atoms with Crippen molar-refractivity contribution in [2.45, 2.75) is 26.0 Å². The second-order valence-electron chi connectivity index (χ2n) is 5.03. The van der Waals surface area contributed by atoms with Gasteiger partial charge in [0.05, 0.1) is 13.2 Å². The SMILES string of the molecule is COc1ccc(CN2CCC(C)C(O)C2)c(F)c1. The van der Waals surface area contributed by atoms with Crippen LogP contribution >= 0.6 is 0 Å². The van der Waals surface area contributed by atoms with Crippen LogP contribution in [0.3, 0.4) is 0 Å². The molecule has 1 fully saturated rings. The van der Waals surface area contributed by atoms with Gasteiger partial charge in [-0.1, -0.05) is 13.0 Å². The number of aliphatic hydroxyl groups is 1. The number of rotatable bonds is 3. The van der Waals surface area contributed by atoms with Gasteiger partial charge < -0.3 is 9.84 Å². The normalized spacial score (nSPS) is 25.1. The zero-order valence-electron chi connectivity index (χ0n) is 10.9.